The number of carbonyl (C=O) groups excluding carboxylic acids is 3. The highest BCUT2D eigenvalue weighted by molar-refractivity contribution is 6.67. The van der Waals surface area contributed by atoms with Crippen LogP contribution in [0, 0.1) is 5.92 Å². The molecule has 12 heteroatoms. The Bertz CT molecular complexity index is 1090. The van der Waals surface area contributed by atoms with Crippen LogP contribution in [-0.4, -0.2) is 58.9 Å². The van der Waals surface area contributed by atoms with Crippen LogP contribution in [0.2, 0.25) is 0 Å². The van der Waals surface area contributed by atoms with Crippen LogP contribution in [0.3, 0.4) is 0 Å². The van der Waals surface area contributed by atoms with E-state index in [1.807, 2.05) is 25.1 Å². The highest BCUT2D eigenvalue weighted by Crippen LogP contribution is 2.50. The standard InChI is InChI=1S/C24H26Cl3NO8/c1-12-18(36-14(3)30)6-15(4-5-32-13(2)29)22-21(12)17-8-20-19(34-11-35-20)7-16(17)9-28(22)23(31)33-10-24(25,26)27/h6-8,12,18,21-22H,4-5,9-11H2,1-3H3/t12-,18+,21+,22-/m1/s1. The van der Waals surface area contributed by atoms with Crippen molar-refractivity contribution in [2.24, 2.45) is 5.92 Å². The van der Waals surface area contributed by atoms with Gasteiger partial charge in [-0.05, 0) is 34.9 Å². The lowest BCUT2D eigenvalue weighted by atomic mass is 9.67. The Labute approximate surface area is 223 Å². The van der Waals surface area contributed by atoms with Crippen molar-refractivity contribution in [3.05, 3.63) is 34.9 Å². The molecule has 4 rings (SSSR count). The monoisotopic (exact) mass is 561 g/mol. The third kappa shape index (κ3) is 5.79. The predicted molar refractivity (Wildman–Crippen MR) is 130 cm³/mol. The molecule has 9 nitrogen and oxygen atoms in total. The van der Waals surface area contributed by atoms with Gasteiger partial charge >= 0.3 is 18.0 Å². The number of hydrogen-bond acceptors (Lipinski definition) is 8. The number of benzene rings is 1. The molecular formula is C24H26Cl3NO8. The number of amides is 1. The Morgan fingerprint density at radius 1 is 1.08 bits per heavy atom. The molecule has 36 heavy (non-hydrogen) atoms. The molecule has 1 aromatic carbocycles. The first-order valence-corrected chi connectivity index (χ1v) is 12.5. The number of esters is 2. The van der Waals surface area contributed by atoms with Gasteiger partial charge in [0.05, 0.1) is 19.2 Å². The van der Waals surface area contributed by atoms with E-state index in [-0.39, 0.29) is 31.8 Å². The lowest BCUT2D eigenvalue weighted by molar-refractivity contribution is -0.147. The highest BCUT2D eigenvalue weighted by atomic mass is 35.6. The molecule has 3 aliphatic rings. The van der Waals surface area contributed by atoms with E-state index in [4.69, 9.17) is 58.5 Å². The average Bonchev–Trinajstić information content (AvgIpc) is 3.24. The van der Waals surface area contributed by atoms with Gasteiger partial charge in [-0.25, -0.2) is 4.79 Å². The van der Waals surface area contributed by atoms with Crippen molar-refractivity contribution in [1.29, 1.82) is 0 Å². The number of alkyl halides is 3. The Hall–Kier alpha value is -2.36. The Morgan fingerprint density at radius 3 is 2.42 bits per heavy atom. The van der Waals surface area contributed by atoms with Crippen LogP contribution in [-0.2, 0) is 30.3 Å². The molecule has 1 aromatic rings. The molecule has 0 spiro atoms. The molecule has 0 N–H and O–H groups in total. The van der Waals surface area contributed by atoms with Crippen molar-refractivity contribution >= 4 is 52.8 Å². The summed E-state index contributed by atoms with van der Waals surface area (Å²) in [6.07, 6.45) is 0.908. The van der Waals surface area contributed by atoms with Gasteiger partial charge in [0.1, 0.15) is 12.7 Å². The van der Waals surface area contributed by atoms with Crippen molar-refractivity contribution in [3.63, 3.8) is 0 Å². The summed E-state index contributed by atoms with van der Waals surface area (Å²) in [5.41, 5.74) is 2.54. The Kier molecular flexibility index (Phi) is 7.83. The minimum atomic E-state index is -1.77. The SMILES string of the molecule is CC(=O)OCCC1=C[C@H](OC(C)=O)[C@@H](C)[C@H]2c3cc4c(cc3CN(C(=O)OCC(Cl)(Cl)Cl)[C@H]12)OCO4. The molecule has 0 saturated heterocycles. The summed E-state index contributed by atoms with van der Waals surface area (Å²) in [5.74, 6) is -0.195. The number of hydrogen-bond donors (Lipinski definition) is 0. The van der Waals surface area contributed by atoms with E-state index in [1.165, 1.54) is 13.8 Å². The zero-order valence-corrected chi connectivity index (χ0v) is 22.2. The topological polar surface area (TPSA) is 101 Å². The fourth-order valence-corrected chi connectivity index (χ4v) is 5.21. The third-order valence-corrected chi connectivity index (χ3v) is 6.77. The number of ether oxygens (including phenoxy) is 5. The fraction of sp³-hybridized carbons (Fsp3) is 0.542. The number of halogens is 3. The number of nitrogens with zero attached hydrogens (tertiary/aromatic N) is 1. The lowest BCUT2D eigenvalue weighted by Gasteiger charge is -2.49. The van der Waals surface area contributed by atoms with Gasteiger partial charge in [-0.2, -0.15) is 0 Å². The minimum Gasteiger partial charge on any atom is -0.466 e. The molecule has 4 atom stereocenters. The predicted octanol–water partition coefficient (Wildman–Crippen LogP) is 4.65. The van der Waals surface area contributed by atoms with E-state index in [9.17, 15) is 14.4 Å². The lowest BCUT2D eigenvalue weighted by Crippen LogP contribution is -2.53. The van der Waals surface area contributed by atoms with Crippen molar-refractivity contribution in [2.75, 3.05) is 20.0 Å². The van der Waals surface area contributed by atoms with E-state index < -0.39 is 40.6 Å². The molecule has 2 heterocycles. The van der Waals surface area contributed by atoms with Crippen molar-refractivity contribution < 1.29 is 38.1 Å². The largest absolute Gasteiger partial charge is 0.466 e. The van der Waals surface area contributed by atoms with E-state index in [0.717, 1.165) is 16.7 Å². The second-order valence-corrected chi connectivity index (χ2v) is 11.5. The molecule has 0 saturated carbocycles. The molecule has 1 amide bonds. The second kappa shape index (κ2) is 10.6. The first-order valence-electron chi connectivity index (χ1n) is 11.4. The molecule has 0 radical (unpaired) electrons. The van der Waals surface area contributed by atoms with Gasteiger partial charge in [-0.3, -0.25) is 14.5 Å². The molecule has 0 unspecified atom stereocenters. The summed E-state index contributed by atoms with van der Waals surface area (Å²) in [5, 5.41) is 0. The summed E-state index contributed by atoms with van der Waals surface area (Å²) < 4.78 is 25.6. The maximum absolute atomic E-state index is 13.3. The summed E-state index contributed by atoms with van der Waals surface area (Å²) in [4.78, 5) is 38.2. The van der Waals surface area contributed by atoms with Crippen molar-refractivity contribution in [2.45, 2.75) is 55.6 Å². The number of carbonyl (C=O) groups is 3. The van der Waals surface area contributed by atoms with Crippen LogP contribution in [0.4, 0.5) is 4.79 Å². The summed E-state index contributed by atoms with van der Waals surface area (Å²) in [6, 6.07) is 3.27. The summed E-state index contributed by atoms with van der Waals surface area (Å²) in [6.45, 7) is 4.57. The minimum absolute atomic E-state index is 0.0938. The normalized spacial score (nSPS) is 24.3. The zero-order valence-electron chi connectivity index (χ0n) is 19.9. The van der Waals surface area contributed by atoms with Gasteiger partial charge in [-0.1, -0.05) is 41.7 Å². The van der Waals surface area contributed by atoms with Crippen molar-refractivity contribution in [3.8, 4) is 11.5 Å². The van der Waals surface area contributed by atoms with Gasteiger partial charge < -0.3 is 23.7 Å². The van der Waals surface area contributed by atoms with E-state index in [1.54, 1.807) is 4.90 Å². The van der Waals surface area contributed by atoms with Gasteiger partial charge in [-0.15, -0.1) is 0 Å². The van der Waals surface area contributed by atoms with E-state index >= 15 is 0 Å². The molecule has 0 fully saturated rings. The third-order valence-electron chi connectivity index (χ3n) is 6.44. The van der Waals surface area contributed by atoms with Crippen LogP contribution in [0.5, 0.6) is 11.5 Å². The van der Waals surface area contributed by atoms with Crippen molar-refractivity contribution in [1.82, 2.24) is 4.90 Å². The molecule has 0 bridgehead atoms. The van der Waals surface area contributed by atoms with E-state index in [2.05, 4.69) is 0 Å². The molecule has 1 aliphatic carbocycles. The average molecular weight is 563 g/mol. The van der Waals surface area contributed by atoms with Gasteiger partial charge in [0.2, 0.25) is 10.6 Å². The molecule has 2 aliphatic heterocycles. The zero-order chi connectivity index (χ0) is 26.2. The van der Waals surface area contributed by atoms with Crippen LogP contribution in [0.25, 0.3) is 0 Å². The number of rotatable bonds is 5. The Balaban J connectivity index is 1.78. The molecule has 0 aromatic heterocycles. The molecule has 196 valence electrons. The maximum atomic E-state index is 13.3. The second-order valence-electron chi connectivity index (χ2n) is 8.94. The van der Waals surface area contributed by atoms with Gasteiger partial charge in [0.15, 0.2) is 11.5 Å². The first-order chi connectivity index (χ1) is 16.9. The van der Waals surface area contributed by atoms with E-state index in [0.29, 0.717) is 17.9 Å². The summed E-state index contributed by atoms with van der Waals surface area (Å²) >= 11 is 17.4. The van der Waals surface area contributed by atoms with Crippen LogP contribution in [0.1, 0.15) is 44.2 Å². The van der Waals surface area contributed by atoms with Crippen LogP contribution in [0.15, 0.2) is 23.8 Å². The maximum Gasteiger partial charge on any atom is 0.410 e. The Morgan fingerprint density at radius 2 is 1.78 bits per heavy atom. The summed E-state index contributed by atoms with van der Waals surface area (Å²) in [7, 11) is 0. The molecular weight excluding hydrogens is 537 g/mol. The fourth-order valence-electron chi connectivity index (χ4n) is 5.04. The number of fused-ring (bicyclic) bond motifs is 4. The first kappa shape index (κ1) is 26.7. The van der Waals surface area contributed by atoms with Crippen LogP contribution >= 0.6 is 34.8 Å². The van der Waals surface area contributed by atoms with Gasteiger partial charge in [0.25, 0.3) is 0 Å². The highest BCUT2D eigenvalue weighted by Gasteiger charge is 2.48. The van der Waals surface area contributed by atoms with Gasteiger partial charge in [0, 0.05) is 32.1 Å². The quantitative estimate of drug-likeness (QED) is 0.221. The smallest absolute Gasteiger partial charge is 0.410 e. The van der Waals surface area contributed by atoms with Crippen LogP contribution < -0.4 is 9.47 Å².